The molecule has 0 radical (unpaired) electrons. The Kier molecular flexibility index (Phi) is 3.07. The second kappa shape index (κ2) is 4.52. The number of aliphatic hydroxyl groups is 1. The minimum absolute atomic E-state index is 0.00614. The van der Waals surface area contributed by atoms with Crippen LogP contribution in [0.3, 0.4) is 0 Å². The highest BCUT2D eigenvalue weighted by Crippen LogP contribution is 2.32. The smallest absolute Gasteiger partial charge is 0.123 e. The first-order valence-corrected chi connectivity index (χ1v) is 5.43. The molecule has 2 aromatic rings. The first-order chi connectivity index (χ1) is 8.08. The number of rotatable bonds is 2. The van der Waals surface area contributed by atoms with E-state index in [4.69, 9.17) is 11.6 Å². The number of aromatic hydroxyl groups is 1. The Morgan fingerprint density at radius 2 is 1.88 bits per heavy atom. The van der Waals surface area contributed by atoms with Crippen molar-refractivity contribution in [1.82, 2.24) is 0 Å². The lowest BCUT2D eigenvalue weighted by Crippen LogP contribution is -1.84. The number of halogens is 1. The summed E-state index contributed by atoms with van der Waals surface area (Å²) in [5, 5.41) is 19.7. The molecule has 0 unspecified atom stereocenters. The van der Waals surface area contributed by atoms with Gasteiger partial charge in [-0.2, -0.15) is 0 Å². The second-order valence-corrected chi connectivity index (χ2v) is 4.13. The van der Waals surface area contributed by atoms with Crippen molar-refractivity contribution in [2.75, 3.05) is 0 Å². The average Bonchev–Trinajstić information content (AvgIpc) is 2.32. The van der Waals surface area contributed by atoms with E-state index in [1.165, 1.54) is 6.07 Å². The summed E-state index contributed by atoms with van der Waals surface area (Å²) in [5.41, 5.74) is 2.01. The molecule has 0 aliphatic heterocycles. The summed E-state index contributed by atoms with van der Waals surface area (Å²) in [6.07, 6.45) is 0. The third-order valence-corrected chi connectivity index (χ3v) is 2.70. The molecule has 86 valence electrons. The molecule has 0 spiro atoms. The SMILES string of the molecule is C=C(O)c1cccc(-c2cc(Cl)ccc2O)c1. The van der Waals surface area contributed by atoms with Gasteiger partial charge in [0.2, 0.25) is 0 Å². The molecule has 2 N–H and O–H groups in total. The minimum Gasteiger partial charge on any atom is -0.508 e. The van der Waals surface area contributed by atoms with Crippen molar-refractivity contribution in [3.8, 4) is 16.9 Å². The molecular weight excluding hydrogens is 236 g/mol. The molecule has 0 amide bonds. The van der Waals surface area contributed by atoms with E-state index >= 15 is 0 Å². The lowest BCUT2D eigenvalue weighted by atomic mass is 10.0. The number of phenols is 1. The van der Waals surface area contributed by atoms with Crippen LogP contribution in [0.15, 0.2) is 49.0 Å². The normalized spacial score (nSPS) is 10.2. The van der Waals surface area contributed by atoms with Gasteiger partial charge >= 0.3 is 0 Å². The molecule has 0 saturated heterocycles. The molecule has 0 aromatic heterocycles. The molecule has 0 heterocycles. The number of hydrogen-bond donors (Lipinski definition) is 2. The summed E-state index contributed by atoms with van der Waals surface area (Å²) in [5.74, 6) is 0.142. The standard InChI is InChI=1S/C14H11ClO2/c1-9(16)10-3-2-4-11(7-10)13-8-12(15)5-6-14(13)17/h2-8,16-17H,1H2. The van der Waals surface area contributed by atoms with Crippen molar-refractivity contribution in [2.24, 2.45) is 0 Å². The fraction of sp³-hybridized carbons (Fsp3) is 0. The largest absolute Gasteiger partial charge is 0.508 e. The number of phenolic OH excluding ortho intramolecular Hbond substituents is 1. The monoisotopic (exact) mass is 246 g/mol. The van der Waals surface area contributed by atoms with Gasteiger partial charge in [-0.15, -0.1) is 0 Å². The van der Waals surface area contributed by atoms with Crippen LogP contribution in [-0.4, -0.2) is 10.2 Å². The van der Waals surface area contributed by atoms with Gasteiger partial charge in [-0.05, 0) is 29.8 Å². The van der Waals surface area contributed by atoms with Crippen molar-refractivity contribution in [1.29, 1.82) is 0 Å². The van der Waals surface area contributed by atoms with Gasteiger partial charge < -0.3 is 10.2 Å². The third kappa shape index (κ3) is 2.43. The van der Waals surface area contributed by atoms with E-state index in [-0.39, 0.29) is 11.5 Å². The third-order valence-electron chi connectivity index (χ3n) is 2.47. The van der Waals surface area contributed by atoms with E-state index in [0.29, 0.717) is 16.1 Å². The van der Waals surface area contributed by atoms with Gasteiger partial charge in [0, 0.05) is 16.1 Å². The Hall–Kier alpha value is -1.93. The molecule has 0 fully saturated rings. The van der Waals surface area contributed by atoms with Crippen molar-refractivity contribution in [2.45, 2.75) is 0 Å². The second-order valence-electron chi connectivity index (χ2n) is 3.69. The molecule has 0 saturated carbocycles. The highest BCUT2D eigenvalue weighted by atomic mass is 35.5. The van der Waals surface area contributed by atoms with Crippen LogP contribution in [0.5, 0.6) is 5.75 Å². The molecule has 3 heteroatoms. The molecule has 2 aromatic carbocycles. The number of aliphatic hydroxyl groups excluding tert-OH is 1. The summed E-state index contributed by atoms with van der Waals surface area (Å²) in [4.78, 5) is 0. The predicted octanol–water partition coefficient (Wildman–Crippen LogP) is 4.24. The van der Waals surface area contributed by atoms with Crippen LogP contribution in [0.4, 0.5) is 0 Å². The van der Waals surface area contributed by atoms with Crippen LogP contribution >= 0.6 is 11.6 Å². The molecule has 0 atom stereocenters. The molecule has 17 heavy (non-hydrogen) atoms. The minimum atomic E-state index is -0.00614. The van der Waals surface area contributed by atoms with E-state index in [1.807, 2.05) is 6.07 Å². The van der Waals surface area contributed by atoms with Gasteiger partial charge in [0.15, 0.2) is 0 Å². The topological polar surface area (TPSA) is 40.5 Å². The Morgan fingerprint density at radius 1 is 1.12 bits per heavy atom. The summed E-state index contributed by atoms with van der Waals surface area (Å²) >= 11 is 5.89. The van der Waals surface area contributed by atoms with E-state index in [9.17, 15) is 10.2 Å². The van der Waals surface area contributed by atoms with Crippen molar-refractivity contribution >= 4 is 17.4 Å². The van der Waals surface area contributed by atoms with Crippen LogP contribution in [0.2, 0.25) is 5.02 Å². The molecule has 0 aliphatic carbocycles. The van der Waals surface area contributed by atoms with E-state index in [2.05, 4.69) is 6.58 Å². The maximum Gasteiger partial charge on any atom is 0.123 e. The quantitative estimate of drug-likeness (QED) is 0.778. The van der Waals surface area contributed by atoms with Gasteiger partial charge in [0.1, 0.15) is 11.5 Å². The summed E-state index contributed by atoms with van der Waals surface area (Å²) in [6, 6.07) is 11.9. The van der Waals surface area contributed by atoms with E-state index in [1.54, 1.807) is 30.3 Å². The van der Waals surface area contributed by atoms with Gasteiger partial charge in [-0.25, -0.2) is 0 Å². The maximum atomic E-state index is 9.77. The summed E-state index contributed by atoms with van der Waals surface area (Å²) in [7, 11) is 0. The fourth-order valence-corrected chi connectivity index (χ4v) is 1.78. The lowest BCUT2D eigenvalue weighted by Gasteiger charge is -2.07. The summed E-state index contributed by atoms with van der Waals surface area (Å²) < 4.78 is 0. The van der Waals surface area contributed by atoms with Crippen molar-refractivity contribution < 1.29 is 10.2 Å². The van der Waals surface area contributed by atoms with Crippen molar-refractivity contribution in [3.63, 3.8) is 0 Å². The van der Waals surface area contributed by atoms with Gasteiger partial charge in [0.25, 0.3) is 0 Å². The molecule has 2 nitrogen and oxygen atoms in total. The van der Waals surface area contributed by atoms with Crippen LogP contribution in [0.25, 0.3) is 16.9 Å². The lowest BCUT2D eigenvalue weighted by molar-refractivity contribution is 0.477. The molecular formula is C14H11ClO2. The Bertz CT molecular complexity index is 576. The van der Waals surface area contributed by atoms with Gasteiger partial charge in [-0.1, -0.05) is 36.4 Å². The number of benzene rings is 2. The van der Waals surface area contributed by atoms with Gasteiger partial charge in [0.05, 0.1) is 0 Å². The average molecular weight is 247 g/mol. The molecule has 2 rings (SSSR count). The Balaban J connectivity index is 2.56. The van der Waals surface area contributed by atoms with Gasteiger partial charge in [-0.3, -0.25) is 0 Å². The highest BCUT2D eigenvalue weighted by Gasteiger charge is 2.06. The predicted molar refractivity (Wildman–Crippen MR) is 70.2 cm³/mol. The number of hydrogen-bond acceptors (Lipinski definition) is 2. The zero-order chi connectivity index (χ0) is 12.4. The van der Waals surface area contributed by atoms with E-state index in [0.717, 1.165) is 5.56 Å². The van der Waals surface area contributed by atoms with Crippen molar-refractivity contribution in [3.05, 3.63) is 59.6 Å². The first kappa shape index (κ1) is 11.6. The van der Waals surface area contributed by atoms with Crippen LogP contribution in [0, 0.1) is 0 Å². The van der Waals surface area contributed by atoms with Crippen LogP contribution in [-0.2, 0) is 0 Å². The Labute approximate surface area is 104 Å². The molecule has 0 aliphatic rings. The first-order valence-electron chi connectivity index (χ1n) is 5.05. The van der Waals surface area contributed by atoms with Crippen LogP contribution < -0.4 is 0 Å². The molecule has 0 bridgehead atoms. The van der Waals surface area contributed by atoms with E-state index < -0.39 is 0 Å². The highest BCUT2D eigenvalue weighted by molar-refractivity contribution is 6.31. The maximum absolute atomic E-state index is 9.77. The Morgan fingerprint density at radius 3 is 2.59 bits per heavy atom. The van der Waals surface area contributed by atoms with Crippen LogP contribution in [0.1, 0.15) is 5.56 Å². The zero-order valence-corrected chi connectivity index (χ0v) is 9.78. The zero-order valence-electron chi connectivity index (χ0n) is 9.02. The fourth-order valence-electron chi connectivity index (χ4n) is 1.61. The summed E-state index contributed by atoms with van der Waals surface area (Å²) in [6.45, 7) is 3.47.